The van der Waals surface area contributed by atoms with Crippen LogP contribution >= 0.6 is 15.9 Å². The second-order valence-electron chi connectivity index (χ2n) is 4.28. The third-order valence-corrected chi connectivity index (χ3v) is 5.10. The number of alkyl halides is 1. The summed E-state index contributed by atoms with van der Waals surface area (Å²) in [5.41, 5.74) is 0. The standard InChI is InChI=1S/C9H11BrO3/c10-7-3-1-4-6(5(3)2-11)9(12)13-8(4)7/h3-8,11H,1-2H2/t3-,4-,5+,6+,7+,8+/m0/s1. The molecule has 0 unspecified atom stereocenters. The highest BCUT2D eigenvalue weighted by Crippen LogP contribution is 2.59. The molecular weight excluding hydrogens is 236 g/mol. The first kappa shape index (κ1) is 8.24. The van der Waals surface area contributed by atoms with Crippen LogP contribution in [-0.4, -0.2) is 28.6 Å². The Kier molecular flexibility index (Phi) is 1.57. The molecule has 72 valence electrons. The largest absolute Gasteiger partial charge is 0.461 e. The van der Waals surface area contributed by atoms with Crippen molar-refractivity contribution in [2.24, 2.45) is 23.7 Å². The Morgan fingerprint density at radius 3 is 3.00 bits per heavy atom. The van der Waals surface area contributed by atoms with Crippen LogP contribution in [0.25, 0.3) is 0 Å². The van der Waals surface area contributed by atoms with Gasteiger partial charge in [-0.2, -0.15) is 0 Å². The Morgan fingerprint density at radius 2 is 2.31 bits per heavy atom. The van der Waals surface area contributed by atoms with Crippen LogP contribution in [-0.2, 0) is 9.53 Å². The maximum absolute atomic E-state index is 11.5. The summed E-state index contributed by atoms with van der Waals surface area (Å²) in [5.74, 6) is 0.864. The van der Waals surface area contributed by atoms with Gasteiger partial charge >= 0.3 is 5.97 Å². The zero-order chi connectivity index (χ0) is 9.16. The summed E-state index contributed by atoms with van der Waals surface area (Å²) in [6.07, 6.45) is 1.13. The first-order valence-corrected chi connectivity index (χ1v) is 5.61. The molecule has 0 aromatic rings. The average molecular weight is 247 g/mol. The molecule has 1 aliphatic heterocycles. The van der Waals surface area contributed by atoms with Crippen molar-refractivity contribution in [3.63, 3.8) is 0 Å². The van der Waals surface area contributed by atoms with Gasteiger partial charge in [0.25, 0.3) is 0 Å². The summed E-state index contributed by atoms with van der Waals surface area (Å²) in [6.45, 7) is 0.121. The maximum atomic E-state index is 11.5. The van der Waals surface area contributed by atoms with E-state index in [1.165, 1.54) is 0 Å². The number of fused-ring (bicyclic) bond motifs is 1. The molecule has 1 N–H and O–H groups in total. The molecule has 0 amide bonds. The smallest absolute Gasteiger partial charge is 0.310 e. The molecule has 6 atom stereocenters. The molecule has 0 aromatic heterocycles. The van der Waals surface area contributed by atoms with Crippen LogP contribution in [0, 0.1) is 23.7 Å². The van der Waals surface area contributed by atoms with Crippen molar-refractivity contribution in [2.45, 2.75) is 17.4 Å². The SMILES string of the molecule is O=C1O[C@H]2[C@H](Br)[C@H]3C[C@H]2[C@@H]1[C@@H]3CO. The van der Waals surface area contributed by atoms with E-state index < -0.39 is 0 Å². The highest BCUT2D eigenvalue weighted by molar-refractivity contribution is 9.09. The fourth-order valence-corrected chi connectivity index (χ4v) is 4.48. The first-order chi connectivity index (χ1) is 6.24. The van der Waals surface area contributed by atoms with Crippen LogP contribution in [0.15, 0.2) is 0 Å². The van der Waals surface area contributed by atoms with Gasteiger partial charge in [-0.1, -0.05) is 15.9 Å². The van der Waals surface area contributed by atoms with Gasteiger partial charge in [-0.05, 0) is 18.3 Å². The van der Waals surface area contributed by atoms with Crippen molar-refractivity contribution in [1.82, 2.24) is 0 Å². The quantitative estimate of drug-likeness (QED) is 0.543. The number of aliphatic hydroxyl groups excluding tert-OH is 1. The fourth-order valence-electron chi connectivity index (χ4n) is 3.37. The zero-order valence-corrected chi connectivity index (χ0v) is 8.61. The summed E-state index contributed by atoms with van der Waals surface area (Å²) in [7, 11) is 0. The predicted octanol–water partition coefficient (Wildman–Crippen LogP) is 0.550. The summed E-state index contributed by atoms with van der Waals surface area (Å²) in [5, 5.41) is 9.22. The number of ether oxygens (including phenoxy) is 1. The summed E-state index contributed by atoms with van der Waals surface area (Å²) < 4.78 is 5.29. The van der Waals surface area contributed by atoms with Crippen molar-refractivity contribution in [3.8, 4) is 0 Å². The van der Waals surface area contributed by atoms with Gasteiger partial charge in [-0.15, -0.1) is 0 Å². The van der Waals surface area contributed by atoms with E-state index in [0.717, 1.165) is 6.42 Å². The normalized spacial score (nSPS) is 57.2. The lowest BCUT2D eigenvalue weighted by Crippen LogP contribution is -2.35. The van der Waals surface area contributed by atoms with Gasteiger partial charge in [0.05, 0.1) is 10.7 Å². The molecular formula is C9H11BrO3. The molecule has 1 saturated heterocycles. The van der Waals surface area contributed by atoms with Gasteiger partial charge in [0.1, 0.15) is 6.10 Å². The highest BCUT2D eigenvalue weighted by Gasteiger charge is 2.65. The van der Waals surface area contributed by atoms with Crippen LogP contribution in [0.1, 0.15) is 6.42 Å². The minimum Gasteiger partial charge on any atom is -0.461 e. The molecule has 0 aromatic carbocycles. The van der Waals surface area contributed by atoms with Crippen molar-refractivity contribution >= 4 is 21.9 Å². The van der Waals surface area contributed by atoms with Gasteiger partial charge in [0.15, 0.2) is 0 Å². The number of aliphatic hydroxyl groups is 1. The summed E-state index contributed by atoms with van der Waals surface area (Å²) in [4.78, 5) is 11.7. The third-order valence-electron chi connectivity index (χ3n) is 3.90. The zero-order valence-electron chi connectivity index (χ0n) is 7.02. The Hall–Kier alpha value is -0.0900. The molecule has 3 aliphatic rings. The van der Waals surface area contributed by atoms with E-state index in [4.69, 9.17) is 4.74 Å². The molecule has 0 spiro atoms. The number of hydrogen-bond acceptors (Lipinski definition) is 3. The van der Waals surface area contributed by atoms with Crippen molar-refractivity contribution in [1.29, 1.82) is 0 Å². The topological polar surface area (TPSA) is 46.5 Å². The van der Waals surface area contributed by atoms with Crippen LogP contribution in [0.4, 0.5) is 0 Å². The van der Waals surface area contributed by atoms with Gasteiger partial charge in [-0.25, -0.2) is 0 Å². The number of carbonyl (C=O) groups excluding carboxylic acids is 1. The molecule has 3 rings (SSSR count). The molecule has 2 bridgehead atoms. The Morgan fingerprint density at radius 1 is 1.54 bits per heavy atom. The molecule has 2 aliphatic carbocycles. The summed E-state index contributed by atoms with van der Waals surface area (Å²) in [6, 6.07) is 0. The number of rotatable bonds is 1. The molecule has 2 saturated carbocycles. The lowest BCUT2D eigenvalue weighted by Gasteiger charge is -2.26. The van der Waals surface area contributed by atoms with Gasteiger partial charge in [0, 0.05) is 12.5 Å². The number of halogens is 1. The second kappa shape index (κ2) is 2.48. The number of carbonyl (C=O) groups is 1. The monoisotopic (exact) mass is 246 g/mol. The predicted molar refractivity (Wildman–Crippen MR) is 48.3 cm³/mol. The van der Waals surface area contributed by atoms with E-state index >= 15 is 0 Å². The molecule has 3 fully saturated rings. The number of esters is 1. The Balaban J connectivity index is 2.01. The van der Waals surface area contributed by atoms with Gasteiger partial charge in [0.2, 0.25) is 0 Å². The van der Waals surface area contributed by atoms with Gasteiger partial charge in [-0.3, -0.25) is 4.79 Å². The van der Waals surface area contributed by atoms with E-state index in [-0.39, 0.29) is 35.3 Å². The van der Waals surface area contributed by atoms with Crippen LogP contribution in [0.2, 0.25) is 0 Å². The van der Waals surface area contributed by atoms with E-state index in [1.807, 2.05) is 0 Å². The Labute approximate surface area is 84.6 Å². The lowest BCUT2D eigenvalue weighted by atomic mass is 9.80. The van der Waals surface area contributed by atoms with E-state index in [0.29, 0.717) is 11.8 Å². The highest BCUT2D eigenvalue weighted by atomic mass is 79.9. The Bertz CT molecular complexity index is 268. The van der Waals surface area contributed by atoms with Gasteiger partial charge < -0.3 is 9.84 Å². The first-order valence-electron chi connectivity index (χ1n) is 4.69. The third kappa shape index (κ3) is 0.814. The van der Waals surface area contributed by atoms with Crippen molar-refractivity contribution < 1.29 is 14.6 Å². The van der Waals surface area contributed by atoms with Crippen LogP contribution in [0.3, 0.4) is 0 Å². The molecule has 4 heteroatoms. The van der Waals surface area contributed by atoms with Crippen LogP contribution < -0.4 is 0 Å². The second-order valence-corrected chi connectivity index (χ2v) is 5.34. The van der Waals surface area contributed by atoms with E-state index in [2.05, 4.69) is 15.9 Å². The molecule has 0 radical (unpaired) electrons. The van der Waals surface area contributed by atoms with Crippen LogP contribution in [0.5, 0.6) is 0 Å². The van der Waals surface area contributed by atoms with E-state index in [1.54, 1.807) is 0 Å². The minimum atomic E-state index is -0.0847. The van der Waals surface area contributed by atoms with Crippen molar-refractivity contribution in [3.05, 3.63) is 0 Å². The number of hydrogen-bond donors (Lipinski definition) is 1. The lowest BCUT2D eigenvalue weighted by molar-refractivity contribution is -0.144. The van der Waals surface area contributed by atoms with Crippen molar-refractivity contribution in [2.75, 3.05) is 6.61 Å². The minimum absolute atomic E-state index is 0.00574. The fraction of sp³-hybridized carbons (Fsp3) is 0.889. The molecule has 13 heavy (non-hydrogen) atoms. The molecule has 1 heterocycles. The summed E-state index contributed by atoms with van der Waals surface area (Å²) >= 11 is 3.57. The maximum Gasteiger partial charge on any atom is 0.310 e. The molecule has 3 nitrogen and oxygen atoms in total. The average Bonchev–Trinajstić information content (AvgIpc) is 2.68. The van der Waals surface area contributed by atoms with E-state index in [9.17, 15) is 9.90 Å².